The highest BCUT2D eigenvalue weighted by Gasteiger charge is 2.09. The van der Waals surface area contributed by atoms with Gasteiger partial charge in [-0.2, -0.15) is 0 Å². The smallest absolute Gasteiger partial charge is 0.124 e. The van der Waals surface area contributed by atoms with E-state index in [-0.39, 0.29) is 18.2 Å². The van der Waals surface area contributed by atoms with E-state index in [9.17, 15) is 4.39 Å². The van der Waals surface area contributed by atoms with E-state index < -0.39 is 0 Å². The molecular formula is C22H25ClFNO2. The fourth-order valence-corrected chi connectivity index (χ4v) is 2.93. The molecule has 5 heteroatoms. The van der Waals surface area contributed by atoms with E-state index in [1.54, 1.807) is 19.2 Å². The predicted molar refractivity (Wildman–Crippen MR) is 110 cm³/mol. The summed E-state index contributed by atoms with van der Waals surface area (Å²) in [4.78, 5) is 0. The Morgan fingerprint density at radius 3 is 2.52 bits per heavy atom. The fraction of sp³-hybridized carbons (Fsp3) is 0.273. The first-order chi connectivity index (χ1) is 12.8. The summed E-state index contributed by atoms with van der Waals surface area (Å²) >= 11 is 0. The van der Waals surface area contributed by atoms with Crippen molar-refractivity contribution < 1.29 is 13.9 Å². The van der Waals surface area contributed by atoms with Crippen LogP contribution >= 0.6 is 12.4 Å². The van der Waals surface area contributed by atoms with Gasteiger partial charge in [-0.1, -0.05) is 42.5 Å². The average molecular weight is 390 g/mol. The molecule has 0 fully saturated rings. The van der Waals surface area contributed by atoms with Crippen molar-refractivity contribution >= 4 is 23.2 Å². The minimum atomic E-state index is -0.236. The van der Waals surface area contributed by atoms with Crippen molar-refractivity contribution in [2.24, 2.45) is 0 Å². The van der Waals surface area contributed by atoms with Gasteiger partial charge in [0.2, 0.25) is 0 Å². The number of hydrogen-bond acceptors (Lipinski definition) is 3. The van der Waals surface area contributed by atoms with Gasteiger partial charge in [0.05, 0.1) is 0 Å². The van der Waals surface area contributed by atoms with Crippen LogP contribution in [0.3, 0.4) is 0 Å². The molecule has 0 radical (unpaired) electrons. The van der Waals surface area contributed by atoms with Gasteiger partial charge in [0.15, 0.2) is 0 Å². The SMILES string of the molecule is COCCCNCc1c(OCc2ccc(F)cc2)ccc2ccccc12.Cl. The number of halogens is 2. The largest absolute Gasteiger partial charge is 0.489 e. The van der Waals surface area contributed by atoms with Crippen LogP contribution in [-0.4, -0.2) is 20.3 Å². The second kappa shape index (κ2) is 10.9. The van der Waals surface area contributed by atoms with Crippen LogP contribution in [0.2, 0.25) is 0 Å². The summed E-state index contributed by atoms with van der Waals surface area (Å²) in [7, 11) is 1.71. The first-order valence-corrected chi connectivity index (χ1v) is 8.85. The third kappa shape index (κ3) is 5.93. The van der Waals surface area contributed by atoms with Crippen molar-refractivity contribution in [3.63, 3.8) is 0 Å². The zero-order valence-corrected chi connectivity index (χ0v) is 16.2. The Hall–Kier alpha value is -2.14. The third-order valence-electron chi connectivity index (χ3n) is 4.31. The molecule has 144 valence electrons. The summed E-state index contributed by atoms with van der Waals surface area (Å²) in [5, 5.41) is 5.84. The topological polar surface area (TPSA) is 30.5 Å². The zero-order valence-electron chi connectivity index (χ0n) is 15.4. The van der Waals surface area contributed by atoms with E-state index in [1.807, 2.05) is 18.2 Å². The molecule has 0 aromatic heterocycles. The van der Waals surface area contributed by atoms with Crippen LogP contribution in [-0.2, 0) is 17.9 Å². The summed E-state index contributed by atoms with van der Waals surface area (Å²) in [5.74, 6) is 0.618. The lowest BCUT2D eigenvalue weighted by atomic mass is 10.0. The fourth-order valence-electron chi connectivity index (χ4n) is 2.93. The highest BCUT2D eigenvalue weighted by molar-refractivity contribution is 5.87. The molecule has 3 nitrogen and oxygen atoms in total. The van der Waals surface area contributed by atoms with Gasteiger partial charge in [-0.3, -0.25) is 0 Å². The third-order valence-corrected chi connectivity index (χ3v) is 4.31. The van der Waals surface area contributed by atoms with Gasteiger partial charge in [0, 0.05) is 25.8 Å². The number of nitrogens with one attached hydrogen (secondary N) is 1. The lowest BCUT2D eigenvalue weighted by Gasteiger charge is -2.15. The standard InChI is InChI=1S/C22H24FNO2.ClH/c1-25-14-4-13-24-15-21-20-6-3-2-5-18(20)9-12-22(21)26-16-17-7-10-19(23)11-8-17;/h2-3,5-12,24H,4,13-16H2,1H3;1H. The van der Waals surface area contributed by atoms with Crippen LogP contribution in [0.5, 0.6) is 5.75 Å². The Kier molecular flexibility index (Phi) is 8.52. The second-order valence-electron chi connectivity index (χ2n) is 6.20. The van der Waals surface area contributed by atoms with Crippen molar-refractivity contribution in [3.05, 3.63) is 77.6 Å². The molecule has 0 spiro atoms. The van der Waals surface area contributed by atoms with E-state index in [2.05, 4.69) is 23.5 Å². The van der Waals surface area contributed by atoms with Crippen molar-refractivity contribution in [1.82, 2.24) is 5.32 Å². The highest BCUT2D eigenvalue weighted by atomic mass is 35.5. The van der Waals surface area contributed by atoms with Crippen molar-refractivity contribution in [1.29, 1.82) is 0 Å². The average Bonchev–Trinajstić information content (AvgIpc) is 2.68. The second-order valence-corrected chi connectivity index (χ2v) is 6.20. The molecule has 0 bridgehead atoms. The quantitative estimate of drug-likeness (QED) is 0.516. The number of ether oxygens (including phenoxy) is 2. The molecule has 0 aliphatic carbocycles. The first-order valence-electron chi connectivity index (χ1n) is 8.85. The summed E-state index contributed by atoms with van der Waals surface area (Å²) in [6, 6.07) is 18.8. The molecule has 0 unspecified atom stereocenters. The maximum atomic E-state index is 13.1. The van der Waals surface area contributed by atoms with Crippen LogP contribution in [0.4, 0.5) is 4.39 Å². The van der Waals surface area contributed by atoms with Crippen LogP contribution in [0, 0.1) is 5.82 Å². The van der Waals surface area contributed by atoms with Gasteiger partial charge in [-0.05, 0) is 47.5 Å². The Morgan fingerprint density at radius 1 is 0.963 bits per heavy atom. The first kappa shape index (κ1) is 21.2. The zero-order chi connectivity index (χ0) is 18.2. The molecule has 0 saturated carbocycles. The van der Waals surface area contributed by atoms with Gasteiger partial charge < -0.3 is 14.8 Å². The predicted octanol–water partition coefficient (Wildman–Crippen LogP) is 5.11. The van der Waals surface area contributed by atoms with E-state index in [0.29, 0.717) is 6.61 Å². The Balaban J connectivity index is 0.00000261. The molecule has 3 rings (SSSR count). The number of benzene rings is 3. The molecule has 3 aromatic carbocycles. The minimum absolute atomic E-state index is 0. The maximum absolute atomic E-state index is 13.1. The van der Waals surface area contributed by atoms with Gasteiger partial charge in [-0.25, -0.2) is 4.39 Å². The van der Waals surface area contributed by atoms with Crippen molar-refractivity contribution in [2.45, 2.75) is 19.6 Å². The van der Waals surface area contributed by atoms with E-state index in [4.69, 9.17) is 9.47 Å². The van der Waals surface area contributed by atoms with Gasteiger partial charge in [0.25, 0.3) is 0 Å². The number of fused-ring (bicyclic) bond motifs is 1. The molecule has 3 aromatic rings. The Morgan fingerprint density at radius 2 is 1.74 bits per heavy atom. The maximum Gasteiger partial charge on any atom is 0.124 e. The molecule has 0 amide bonds. The van der Waals surface area contributed by atoms with Crippen LogP contribution < -0.4 is 10.1 Å². The molecule has 0 aliphatic rings. The molecular weight excluding hydrogens is 365 g/mol. The molecule has 27 heavy (non-hydrogen) atoms. The lowest BCUT2D eigenvalue weighted by Crippen LogP contribution is -2.17. The molecule has 0 atom stereocenters. The molecule has 1 N–H and O–H groups in total. The van der Waals surface area contributed by atoms with Gasteiger partial charge in [0.1, 0.15) is 18.2 Å². The number of rotatable bonds is 9. The lowest BCUT2D eigenvalue weighted by molar-refractivity contribution is 0.194. The van der Waals surface area contributed by atoms with Crippen LogP contribution in [0.1, 0.15) is 17.5 Å². The van der Waals surface area contributed by atoms with E-state index in [1.165, 1.54) is 22.9 Å². The van der Waals surface area contributed by atoms with Crippen molar-refractivity contribution in [3.8, 4) is 5.75 Å². The number of hydrogen-bond donors (Lipinski definition) is 1. The minimum Gasteiger partial charge on any atom is -0.489 e. The van der Waals surface area contributed by atoms with Gasteiger partial charge in [-0.15, -0.1) is 12.4 Å². The highest BCUT2D eigenvalue weighted by Crippen LogP contribution is 2.28. The molecule has 0 aliphatic heterocycles. The molecule has 0 saturated heterocycles. The summed E-state index contributed by atoms with van der Waals surface area (Å²) < 4.78 is 24.2. The van der Waals surface area contributed by atoms with E-state index >= 15 is 0 Å². The summed E-state index contributed by atoms with van der Waals surface area (Å²) in [6.45, 7) is 2.77. The Bertz CT molecular complexity index is 839. The van der Waals surface area contributed by atoms with Gasteiger partial charge >= 0.3 is 0 Å². The van der Waals surface area contributed by atoms with Crippen LogP contribution in [0.15, 0.2) is 60.7 Å². The Labute approximate surface area is 165 Å². The number of methoxy groups -OCH3 is 1. The molecule has 0 heterocycles. The summed E-state index contributed by atoms with van der Waals surface area (Å²) in [6.07, 6.45) is 0.965. The van der Waals surface area contributed by atoms with Crippen molar-refractivity contribution in [2.75, 3.05) is 20.3 Å². The normalized spacial score (nSPS) is 10.6. The summed E-state index contributed by atoms with van der Waals surface area (Å²) in [5.41, 5.74) is 2.08. The van der Waals surface area contributed by atoms with E-state index in [0.717, 1.165) is 43.0 Å². The van der Waals surface area contributed by atoms with Crippen LogP contribution in [0.25, 0.3) is 10.8 Å². The monoisotopic (exact) mass is 389 g/mol.